The third kappa shape index (κ3) is 3.82. The molecular formula is C28H34N6O. The topological polar surface area (TPSA) is 59.2 Å². The van der Waals surface area contributed by atoms with Crippen LogP contribution in [0.15, 0.2) is 47.3 Å². The molecule has 2 aromatic heterocycles. The van der Waals surface area contributed by atoms with Gasteiger partial charge in [-0.2, -0.15) is 0 Å². The van der Waals surface area contributed by atoms with E-state index in [0.29, 0.717) is 11.7 Å². The highest BCUT2D eigenvalue weighted by Crippen LogP contribution is 2.34. The predicted molar refractivity (Wildman–Crippen MR) is 142 cm³/mol. The number of hydrogen-bond donors (Lipinski definition) is 0. The SMILES string of the molecule is CN(C)C1CCN(c2ccc(-c3ccc4nnc5c(c4c3)n(C3CCCC3)c(=O)n5C)cc2)CC1. The molecule has 1 saturated carbocycles. The fourth-order valence-corrected chi connectivity index (χ4v) is 6.08. The van der Waals surface area contributed by atoms with E-state index >= 15 is 0 Å². The molecule has 35 heavy (non-hydrogen) atoms. The van der Waals surface area contributed by atoms with Gasteiger partial charge in [-0.1, -0.05) is 31.0 Å². The molecule has 1 aliphatic carbocycles. The number of rotatable bonds is 4. The van der Waals surface area contributed by atoms with Crippen LogP contribution in [0.5, 0.6) is 0 Å². The first-order valence-corrected chi connectivity index (χ1v) is 12.9. The highest BCUT2D eigenvalue weighted by Gasteiger charge is 2.25. The van der Waals surface area contributed by atoms with Crippen molar-refractivity contribution < 1.29 is 0 Å². The van der Waals surface area contributed by atoms with Crippen LogP contribution in [0, 0.1) is 0 Å². The second-order valence-corrected chi connectivity index (χ2v) is 10.5. The van der Waals surface area contributed by atoms with E-state index in [1.807, 2.05) is 10.6 Å². The van der Waals surface area contributed by atoms with Gasteiger partial charge in [-0.25, -0.2) is 4.79 Å². The monoisotopic (exact) mass is 470 g/mol. The molecule has 1 saturated heterocycles. The Bertz CT molecular complexity index is 1420. The first-order chi connectivity index (χ1) is 17.0. The van der Waals surface area contributed by atoms with Gasteiger partial charge in [0.25, 0.3) is 0 Å². The Hall–Kier alpha value is -3.19. The summed E-state index contributed by atoms with van der Waals surface area (Å²) in [5.41, 5.74) is 6.05. The summed E-state index contributed by atoms with van der Waals surface area (Å²) in [5, 5.41) is 9.88. The zero-order valence-electron chi connectivity index (χ0n) is 20.9. The molecule has 0 N–H and O–H groups in total. The smallest absolute Gasteiger partial charge is 0.330 e. The van der Waals surface area contributed by atoms with E-state index < -0.39 is 0 Å². The molecule has 2 aliphatic rings. The van der Waals surface area contributed by atoms with Gasteiger partial charge in [0.2, 0.25) is 0 Å². The third-order valence-corrected chi connectivity index (χ3v) is 8.22. The Morgan fingerprint density at radius 1 is 0.886 bits per heavy atom. The summed E-state index contributed by atoms with van der Waals surface area (Å²) in [7, 11) is 6.17. The molecule has 0 bridgehead atoms. The third-order valence-electron chi connectivity index (χ3n) is 8.22. The van der Waals surface area contributed by atoms with Crippen molar-refractivity contribution >= 4 is 27.8 Å². The largest absolute Gasteiger partial charge is 0.371 e. The molecule has 0 unspecified atom stereocenters. The maximum atomic E-state index is 13.2. The fraction of sp³-hybridized carbons (Fsp3) is 0.464. The molecule has 1 aliphatic heterocycles. The van der Waals surface area contributed by atoms with Gasteiger partial charge < -0.3 is 9.80 Å². The maximum absolute atomic E-state index is 13.2. The first kappa shape index (κ1) is 22.3. The number of aryl methyl sites for hydroxylation is 1. The minimum absolute atomic E-state index is 0.0153. The molecular weight excluding hydrogens is 436 g/mol. The number of aromatic nitrogens is 4. The van der Waals surface area contributed by atoms with Gasteiger partial charge in [0.05, 0.1) is 5.52 Å². The maximum Gasteiger partial charge on any atom is 0.330 e. The van der Waals surface area contributed by atoms with E-state index in [-0.39, 0.29) is 11.7 Å². The number of benzene rings is 2. The fourth-order valence-electron chi connectivity index (χ4n) is 6.08. The number of imidazole rings is 1. The minimum Gasteiger partial charge on any atom is -0.371 e. The van der Waals surface area contributed by atoms with Crippen LogP contribution < -0.4 is 10.6 Å². The van der Waals surface area contributed by atoms with Gasteiger partial charge in [0.15, 0.2) is 5.65 Å². The van der Waals surface area contributed by atoms with Gasteiger partial charge in [0.1, 0.15) is 5.52 Å². The highest BCUT2D eigenvalue weighted by atomic mass is 16.1. The summed E-state index contributed by atoms with van der Waals surface area (Å²) in [6.45, 7) is 2.20. The van der Waals surface area contributed by atoms with Crippen molar-refractivity contribution in [3.63, 3.8) is 0 Å². The van der Waals surface area contributed by atoms with Crippen molar-refractivity contribution in [2.24, 2.45) is 7.05 Å². The van der Waals surface area contributed by atoms with Crippen molar-refractivity contribution in [1.29, 1.82) is 0 Å². The number of piperidine rings is 1. The molecule has 6 rings (SSSR count). The van der Waals surface area contributed by atoms with Gasteiger partial charge in [0, 0.05) is 43.3 Å². The van der Waals surface area contributed by atoms with E-state index in [2.05, 4.69) is 70.5 Å². The molecule has 2 fully saturated rings. The van der Waals surface area contributed by atoms with Crippen LogP contribution in [0.1, 0.15) is 44.6 Å². The molecule has 7 nitrogen and oxygen atoms in total. The summed E-state index contributed by atoms with van der Waals surface area (Å²) in [6.07, 6.45) is 6.86. The average Bonchev–Trinajstić information content (AvgIpc) is 3.50. The second kappa shape index (κ2) is 8.79. The lowest BCUT2D eigenvalue weighted by molar-refractivity contribution is 0.249. The Morgan fingerprint density at radius 3 is 2.26 bits per heavy atom. The predicted octanol–water partition coefficient (Wildman–Crippen LogP) is 4.60. The lowest BCUT2D eigenvalue weighted by Crippen LogP contribution is -2.41. The quantitative estimate of drug-likeness (QED) is 0.436. The molecule has 0 amide bonds. The van der Waals surface area contributed by atoms with Crippen LogP contribution in [0.25, 0.3) is 33.2 Å². The number of nitrogens with zero attached hydrogens (tertiary/aromatic N) is 6. The summed E-state index contributed by atoms with van der Waals surface area (Å²) >= 11 is 0. The van der Waals surface area contributed by atoms with E-state index in [4.69, 9.17) is 0 Å². The van der Waals surface area contributed by atoms with Crippen LogP contribution in [0.2, 0.25) is 0 Å². The van der Waals surface area contributed by atoms with Gasteiger partial charge in [-0.05, 0) is 75.2 Å². The molecule has 7 heteroatoms. The Kier molecular flexibility index (Phi) is 5.60. The molecule has 0 radical (unpaired) electrons. The van der Waals surface area contributed by atoms with Gasteiger partial charge >= 0.3 is 5.69 Å². The first-order valence-electron chi connectivity index (χ1n) is 12.9. The van der Waals surface area contributed by atoms with Gasteiger partial charge in [-0.3, -0.25) is 9.13 Å². The lowest BCUT2D eigenvalue weighted by Gasteiger charge is -2.36. The molecule has 182 valence electrons. The van der Waals surface area contributed by atoms with Crippen molar-refractivity contribution in [2.75, 3.05) is 32.1 Å². The molecule has 4 aromatic rings. The minimum atomic E-state index is 0.0153. The second-order valence-electron chi connectivity index (χ2n) is 10.5. The van der Waals surface area contributed by atoms with Gasteiger partial charge in [-0.15, -0.1) is 10.2 Å². The zero-order valence-corrected chi connectivity index (χ0v) is 20.9. The van der Waals surface area contributed by atoms with Crippen LogP contribution in [0.3, 0.4) is 0 Å². The summed E-state index contributed by atoms with van der Waals surface area (Å²) in [4.78, 5) is 18.0. The number of hydrogen-bond acceptors (Lipinski definition) is 5. The Labute approximate surface area is 206 Å². The summed E-state index contributed by atoms with van der Waals surface area (Å²) in [5.74, 6) is 0. The number of fused-ring (bicyclic) bond motifs is 3. The Morgan fingerprint density at radius 2 is 1.57 bits per heavy atom. The summed E-state index contributed by atoms with van der Waals surface area (Å²) < 4.78 is 3.64. The van der Waals surface area contributed by atoms with Crippen LogP contribution >= 0.6 is 0 Å². The van der Waals surface area contributed by atoms with E-state index in [1.165, 1.54) is 36.9 Å². The number of anilines is 1. The highest BCUT2D eigenvalue weighted by molar-refractivity contribution is 6.02. The van der Waals surface area contributed by atoms with Crippen LogP contribution in [-0.4, -0.2) is 57.5 Å². The van der Waals surface area contributed by atoms with Crippen molar-refractivity contribution in [3.05, 3.63) is 52.9 Å². The average molecular weight is 471 g/mol. The van der Waals surface area contributed by atoms with Crippen LogP contribution in [0.4, 0.5) is 5.69 Å². The zero-order chi connectivity index (χ0) is 24.1. The molecule has 0 spiro atoms. The van der Waals surface area contributed by atoms with Crippen molar-refractivity contribution in [3.8, 4) is 11.1 Å². The van der Waals surface area contributed by atoms with E-state index in [1.54, 1.807) is 11.6 Å². The normalized spacial score (nSPS) is 17.9. The van der Waals surface area contributed by atoms with E-state index in [9.17, 15) is 4.79 Å². The molecule has 2 aromatic carbocycles. The molecule has 0 atom stereocenters. The van der Waals surface area contributed by atoms with Crippen LogP contribution in [-0.2, 0) is 7.05 Å². The van der Waals surface area contributed by atoms with E-state index in [0.717, 1.165) is 47.9 Å². The lowest BCUT2D eigenvalue weighted by atomic mass is 10.0. The standard InChI is InChI=1S/C28H34N6O/c1-31(2)21-14-16-33(17-15-21)22-11-8-19(9-12-22)20-10-13-25-24(18-20)26-27(30-29-25)32(3)28(35)34(26)23-6-4-5-7-23/h8-13,18,21,23H,4-7,14-17H2,1-3H3. The van der Waals surface area contributed by atoms with Crippen molar-refractivity contribution in [2.45, 2.75) is 50.6 Å². The Balaban J connectivity index is 1.37. The van der Waals surface area contributed by atoms with Crippen molar-refractivity contribution in [1.82, 2.24) is 24.2 Å². The summed E-state index contributed by atoms with van der Waals surface area (Å²) in [6, 6.07) is 16.2. The molecule has 3 heterocycles.